The third-order valence-electron chi connectivity index (χ3n) is 3.85. The topological polar surface area (TPSA) is 35.5 Å². The molecule has 1 unspecified atom stereocenters. The highest BCUT2D eigenvalue weighted by Gasteiger charge is 2.37. The van der Waals surface area contributed by atoms with E-state index in [4.69, 9.17) is 0 Å². The molecule has 0 heterocycles. The van der Waals surface area contributed by atoms with Gasteiger partial charge in [-0.1, -0.05) is 30.3 Å². The zero-order valence-corrected chi connectivity index (χ0v) is 12.3. The van der Waals surface area contributed by atoms with Crippen LogP contribution in [0.5, 0.6) is 0 Å². The van der Waals surface area contributed by atoms with Gasteiger partial charge in [-0.2, -0.15) is 0 Å². The van der Waals surface area contributed by atoms with Crippen LogP contribution in [-0.4, -0.2) is 42.3 Å². The Morgan fingerprint density at radius 3 is 2.42 bits per heavy atom. The number of nitrogens with one attached hydrogen (secondary N) is 1. The van der Waals surface area contributed by atoms with E-state index in [1.165, 1.54) is 18.4 Å². The van der Waals surface area contributed by atoms with Crippen LogP contribution in [0.1, 0.15) is 32.3 Å². The van der Waals surface area contributed by atoms with Crippen molar-refractivity contribution in [3.8, 4) is 0 Å². The maximum atomic E-state index is 10.0. The lowest BCUT2D eigenvalue weighted by Gasteiger charge is -2.39. The number of benzene rings is 1. The molecule has 19 heavy (non-hydrogen) atoms. The first-order valence-corrected chi connectivity index (χ1v) is 7.22. The van der Waals surface area contributed by atoms with E-state index in [1.807, 2.05) is 18.2 Å². The minimum Gasteiger partial charge on any atom is -0.394 e. The molecule has 1 aromatic carbocycles. The van der Waals surface area contributed by atoms with Gasteiger partial charge in [-0.05, 0) is 39.3 Å². The predicted molar refractivity (Wildman–Crippen MR) is 79.1 cm³/mol. The van der Waals surface area contributed by atoms with Crippen molar-refractivity contribution in [2.45, 2.75) is 44.3 Å². The number of likely N-dealkylation sites (N-methyl/N-ethyl adjacent to an activating group) is 1. The SMILES string of the molecule is CC(C)NC(CO)(CN(C)C1CC1)c1ccccc1. The highest BCUT2D eigenvalue weighted by molar-refractivity contribution is 5.26. The second-order valence-corrected chi connectivity index (χ2v) is 6.05. The van der Waals surface area contributed by atoms with Crippen molar-refractivity contribution in [1.29, 1.82) is 0 Å². The van der Waals surface area contributed by atoms with E-state index in [1.54, 1.807) is 0 Å². The first kappa shape index (κ1) is 14.5. The molecule has 1 aliphatic carbocycles. The Balaban J connectivity index is 2.24. The molecule has 1 fully saturated rings. The molecule has 1 atom stereocenters. The van der Waals surface area contributed by atoms with Gasteiger partial charge < -0.3 is 15.3 Å². The summed E-state index contributed by atoms with van der Waals surface area (Å²) in [6.45, 7) is 5.22. The van der Waals surface area contributed by atoms with E-state index in [-0.39, 0.29) is 12.1 Å². The van der Waals surface area contributed by atoms with Crippen LogP contribution in [0.4, 0.5) is 0 Å². The van der Waals surface area contributed by atoms with Crippen LogP contribution in [0.2, 0.25) is 0 Å². The van der Waals surface area contributed by atoms with Crippen LogP contribution in [0, 0.1) is 0 Å². The van der Waals surface area contributed by atoms with Gasteiger partial charge in [0.05, 0.1) is 12.1 Å². The second-order valence-electron chi connectivity index (χ2n) is 6.05. The first-order chi connectivity index (χ1) is 9.07. The molecule has 0 amide bonds. The molecular formula is C16H26N2O. The fraction of sp³-hybridized carbons (Fsp3) is 0.625. The zero-order valence-electron chi connectivity index (χ0n) is 12.3. The fourth-order valence-electron chi connectivity index (χ4n) is 2.79. The summed E-state index contributed by atoms with van der Waals surface area (Å²) in [5.41, 5.74) is 0.797. The molecule has 3 nitrogen and oxygen atoms in total. The fourth-order valence-corrected chi connectivity index (χ4v) is 2.79. The quantitative estimate of drug-likeness (QED) is 0.788. The van der Waals surface area contributed by atoms with Crippen molar-refractivity contribution in [3.05, 3.63) is 35.9 Å². The lowest BCUT2D eigenvalue weighted by atomic mass is 9.89. The van der Waals surface area contributed by atoms with Gasteiger partial charge in [0.1, 0.15) is 0 Å². The van der Waals surface area contributed by atoms with Gasteiger partial charge >= 0.3 is 0 Å². The van der Waals surface area contributed by atoms with E-state index < -0.39 is 0 Å². The zero-order chi connectivity index (χ0) is 13.9. The number of aliphatic hydroxyl groups excluding tert-OH is 1. The number of hydrogen-bond donors (Lipinski definition) is 2. The van der Waals surface area contributed by atoms with E-state index >= 15 is 0 Å². The summed E-state index contributed by atoms with van der Waals surface area (Å²) in [5.74, 6) is 0. The van der Waals surface area contributed by atoms with E-state index in [0.29, 0.717) is 12.1 Å². The van der Waals surface area contributed by atoms with Crippen molar-refractivity contribution < 1.29 is 5.11 Å². The average Bonchev–Trinajstić information content (AvgIpc) is 3.22. The molecule has 1 aromatic rings. The minimum absolute atomic E-state index is 0.117. The van der Waals surface area contributed by atoms with Crippen molar-refractivity contribution in [2.75, 3.05) is 20.2 Å². The summed E-state index contributed by atoms with van der Waals surface area (Å²) in [7, 11) is 2.16. The van der Waals surface area contributed by atoms with Crippen molar-refractivity contribution in [3.63, 3.8) is 0 Å². The summed E-state index contributed by atoms with van der Waals surface area (Å²) in [5, 5.41) is 13.6. The Morgan fingerprint density at radius 1 is 1.32 bits per heavy atom. The van der Waals surface area contributed by atoms with E-state index in [2.05, 4.69) is 43.2 Å². The molecular weight excluding hydrogens is 236 g/mol. The van der Waals surface area contributed by atoms with Crippen LogP contribution < -0.4 is 5.32 Å². The molecule has 1 saturated carbocycles. The summed E-state index contributed by atoms with van der Waals surface area (Å²) in [4.78, 5) is 2.37. The number of hydrogen-bond acceptors (Lipinski definition) is 3. The highest BCUT2D eigenvalue weighted by atomic mass is 16.3. The first-order valence-electron chi connectivity index (χ1n) is 7.22. The van der Waals surface area contributed by atoms with E-state index in [9.17, 15) is 5.11 Å². The molecule has 0 saturated heterocycles. The summed E-state index contributed by atoms with van der Waals surface area (Å²) in [6.07, 6.45) is 2.57. The average molecular weight is 262 g/mol. The molecule has 0 aromatic heterocycles. The maximum Gasteiger partial charge on any atom is 0.0799 e. The molecule has 2 rings (SSSR count). The third-order valence-corrected chi connectivity index (χ3v) is 3.85. The monoisotopic (exact) mass is 262 g/mol. The van der Waals surface area contributed by atoms with Crippen LogP contribution >= 0.6 is 0 Å². The number of aliphatic hydroxyl groups is 1. The minimum atomic E-state index is -0.368. The Labute approximate surface area is 116 Å². The largest absolute Gasteiger partial charge is 0.394 e. The second kappa shape index (κ2) is 6.04. The summed E-state index contributed by atoms with van der Waals surface area (Å²) >= 11 is 0. The summed E-state index contributed by atoms with van der Waals surface area (Å²) < 4.78 is 0. The number of rotatable bonds is 7. The Kier molecular flexibility index (Phi) is 4.61. The molecule has 0 radical (unpaired) electrons. The number of nitrogens with zero attached hydrogens (tertiary/aromatic N) is 1. The van der Waals surface area contributed by atoms with Gasteiger partial charge in [0.2, 0.25) is 0 Å². The van der Waals surface area contributed by atoms with Crippen molar-refractivity contribution in [1.82, 2.24) is 10.2 Å². The molecule has 2 N–H and O–H groups in total. The normalized spacial score (nSPS) is 18.8. The highest BCUT2D eigenvalue weighted by Crippen LogP contribution is 2.30. The summed E-state index contributed by atoms with van der Waals surface area (Å²) in [6, 6.07) is 11.3. The van der Waals surface area contributed by atoms with Crippen LogP contribution in [-0.2, 0) is 5.54 Å². The maximum absolute atomic E-state index is 10.0. The molecule has 0 bridgehead atoms. The Bertz CT molecular complexity index is 389. The van der Waals surface area contributed by atoms with Gasteiger partial charge in [-0.25, -0.2) is 0 Å². The Morgan fingerprint density at radius 2 is 1.95 bits per heavy atom. The van der Waals surface area contributed by atoms with Gasteiger partial charge in [0.15, 0.2) is 0 Å². The molecule has 0 aliphatic heterocycles. The van der Waals surface area contributed by atoms with E-state index in [0.717, 1.165) is 6.54 Å². The predicted octanol–water partition coefficient (Wildman–Crippen LogP) is 1.97. The van der Waals surface area contributed by atoms with Crippen LogP contribution in [0.15, 0.2) is 30.3 Å². The molecule has 106 valence electrons. The van der Waals surface area contributed by atoms with Gasteiger partial charge in [0.25, 0.3) is 0 Å². The molecule has 0 spiro atoms. The lowest BCUT2D eigenvalue weighted by Crippen LogP contribution is -2.55. The Hall–Kier alpha value is -0.900. The van der Waals surface area contributed by atoms with Gasteiger partial charge in [-0.3, -0.25) is 0 Å². The van der Waals surface area contributed by atoms with Crippen molar-refractivity contribution in [2.24, 2.45) is 0 Å². The van der Waals surface area contributed by atoms with Crippen LogP contribution in [0.25, 0.3) is 0 Å². The molecule has 3 heteroatoms. The lowest BCUT2D eigenvalue weighted by molar-refractivity contribution is 0.107. The molecule has 1 aliphatic rings. The van der Waals surface area contributed by atoms with Crippen molar-refractivity contribution >= 4 is 0 Å². The standard InChI is InChI=1S/C16H26N2O/c1-13(2)17-16(12-19,11-18(3)15-9-10-15)14-7-5-4-6-8-14/h4-8,13,15,17,19H,9-12H2,1-3H3. The van der Waals surface area contributed by atoms with Gasteiger partial charge in [0, 0.05) is 18.6 Å². The van der Waals surface area contributed by atoms with Gasteiger partial charge in [-0.15, -0.1) is 0 Å². The third kappa shape index (κ3) is 3.56. The van der Waals surface area contributed by atoms with Crippen LogP contribution in [0.3, 0.4) is 0 Å². The smallest absolute Gasteiger partial charge is 0.0799 e.